The van der Waals surface area contributed by atoms with Crippen molar-refractivity contribution in [2.24, 2.45) is 0 Å². The molecule has 2 atom stereocenters. The average molecular weight is 170 g/mol. The van der Waals surface area contributed by atoms with E-state index >= 15 is 0 Å². The van der Waals surface area contributed by atoms with Crippen LogP contribution in [0.15, 0.2) is 0 Å². The van der Waals surface area contributed by atoms with Gasteiger partial charge in [-0.1, -0.05) is 26.7 Å². The van der Waals surface area contributed by atoms with E-state index in [1.165, 1.54) is 25.7 Å². The van der Waals surface area contributed by atoms with Gasteiger partial charge in [-0.25, -0.2) is 0 Å². The fourth-order valence-electron chi connectivity index (χ4n) is 2.14. The molecule has 2 nitrogen and oxygen atoms in total. The Balaban J connectivity index is 2.31. The van der Waals surface area contributed by atoms with Crippen molar-refractivity contribution >= 4 is 0 Å². The summed E-state index contributed by atoms with van der Waals surface area (Å²) >= 11 is 0. The highest BCUT2D eigenvalue weighted by molar-refractivity contribution is 4.85. The molecule has 72 valence electrons. The third kappa shape index (κ3) is 2.76. The molecule has 0 heterocycles. The second kappa shape index (κ2) is 5.55. The maximum atomic E-state index is 3.56. The van der Waals surface area contributed by atoms with Gasteiger partial charge in [0.25, 0.3) is 0 Å². The van der Waals surface area contributed by atoms with Crippen molar-refractivity contribution in [2.75, 3.05) is 13.1 Å². The van der Waals surface area contributed by atoms with Gasteiger partial charge >= 0.3 is 0 Å². The van der Waals surface area contributed by atoms with E-state index in [-0.39, 0.29) is 0 Å². The Morgan fingerprint density at radius 1 is 0.917 bits per heavy atom. The third-order valence-corrected chi connectivity index (χ3v) is 2.70. The molecule has 0 radical (unpaired) electrons. The maximum Gasteiger partial charge on any atom is 0.0221 e. The van der Waals surface area contributed by atoms with Gasteiger partial charge in [-0.15, -0.1) is 0 Å². The summed E-state index contributed by atoms with van der Waals surface area (Å²) in [5, 5.41) is 7.11. The van der Waals surface area contributed by atoms with E-state index in [4.69, 9.17) is 0 Å². The zero-order valence-electron chi connectivity index (χ0n) is 8.40. The fraction of sp³-hybridized carbons (Fsp3) is 1.00. The number of likely N-dealkylation sites (N-methyl/N-ethyl adjacent to an activating group) is 2. The summed E-state index contributed by atoms with van der Waals surface area (Å²) < 4.78 is 0. The predicted octanol–water partition coefficient (Wildman–Crippen LogP) is 1.52. The fourth-order valence-corrected chi connectivity index (χ4v) is 2.14. The van der Waals surface area contributed by atoms with Crippen molar-refractivity contribution in [1.29, 1.82) is 0 Å². The minimum atomic E-state index is 0.726. The van der Waals surface area contributed by atoms with E-state index in [0.717, 1.165) is 25.2 Å². The van der Waals surface area contributed by atoms with Gasteiger partial charge in [0, 0.05) is 12.1 Å². The molecule has 0 spiro atoms. The molecule has 0 aliphatic heterocycles. The SMILES string of the molecule is CCNC1CCCCC1NCC. The highest BCUT2D eigenvalue weighted by Crippen LogP contribution is 2.18. The van der Waals surface area contributed by atoms with Crippen molar-refractivity contribution in [3.63, 3.8) is 0 Å². The van der Waals surface area contributed by atoms with Gasteiger partial charge in [0.15, 0.2) is 0 Å². The second-order valence-corrected chi connectivity index (χ2v) is 3.61. The van der Waals surface area contributed by atoms with Crippen LogP contribution < -0.4 is 10.6 Å². The van der Waals surface area contributed by atoms with Crippen molar-refractivity contribution in [2.45, 2.75) is 51.6 Å². The summed E-state index contributed by atoms with van der Waals surface area (Å²) in [6.45, 7) is 6.59. The van der Waals surface area contributed by atoms with Crippen LogP contribution in [0.25, 0.3) is 0 Å². The molecule has 1 aliphatic rings. The van der Waals surface area contributed by atoms with Crippen LogP contribution in [0.1, 0.15) is 39.5 Å². The Hall–Kier alpha value is -0.0800. The first-order chi connectivity index (χ1) is 5.88. The standard InChI is InChI=1S/C10H22N2/c1-3-11-9-7-5-6-8-10(9)12-4-2/h9-12H,3-8H2,1-2H3. The van der Waals surface area contributed by atoms with E-state index in [1.54, 1.807) is 0 Å². The van der Waals surface area contributed by atoms with Crippen molar-refractivity contribution in [3.8, 4) is 0 Å². The third-order valence-electron chi connectivity index (χ3n) is 2.70. The van der Waals surface area contributed by atoms with Crippen LogP contribution in [-0.4, -0.2) is 25.2 Å². The van der Waals surface area contributed by atoms with E-state index in [9.17, 15) is 0 Å². The Labute approximate surface area is 76.1 Å². The highest BCUT2D eigenvalue weighted by Gasteiger charge is 2.22. The number of hydrogen-bond donors (Lipinski definition) is 2. The first-order valence-corrected chi connectivity index (χ1v) is 5.35. The zero-order valence-corrected chi connectivity index (χ0v) is 8.40. The minimum absolute atomic E-state index is 0.726. The number of rotatable bonds is 4. The van der Waals surface area contributed by atoms with Crippen LogP contribution in [-0.2, 0) is 0 Å². The molecule has 0 saturated heterocycles. The lowest BCUT2D eigenvalue weighted by molar-refractivity contribution is 0.291. The summed E-state index contributed by atoms with van der Waals surface area (Å²) in [5.74, 6) is 0. The largest absolute Gasteiger partial charge is 0.313 e. The Morgan fingerprint density at radius 2 is 1.33 bits per heavy atom. The molecule has 2 heteroatoms. The molecule has 0 aromatic rings. The maximum absolute atomic E-state index is 3.56. The highest BCUT2D eigenvalue weighted by atomic mass is 15.0. The molecular weight excluding hydrogens is 148 g/mol. The molecule has 1 aliphatic carbocycles. The van der Waals surface area contributed by atoms with Crippen LogP contribution >= 0.6 is 0 Å². The smallest absolute Gasteiger partial charge is 0.0221 e. The molecule has 0 aromatic heterocycles. The summed E-state index contributed by atoms with van der Waals surface area (Å²) in [6.07, 6.45) is 5.51. The quantitative estimate of drug-likeness (QED) is 0.668. The van der Waals surface area contributed by atoms with E-state index in [0.29, 0.717) is 0 Å². The van der Waals surface area contributed by atoms with Crippen LogP contribution in [0.3, 0.4) is 0 Å². The van der Waals surface area contributed by atoms with Crippen molar-refractivity contribution in [3.05, 3.63) is 0 Å². The lowest BCUT2D eigenvalue weighted by Crippen LogP contribution is -2.49. The van der Waals surface area contributed by atoms with Crippen molar-refractivity contribution in [1.82, 2.24) is 10.6 Å². The first kappa shape index (κ1) is 10.0. The number of hydrogen-bond acceptors (Lipinski definition) is 2. The summed E-state index contributed by atoms with van der Waals surface area (Å²) in [5.41, 5.74) is 0. The molecule has 2 unspecified atom stereocenters. The molecular formula is C10H22N2. The van der Waals surface area contributed by atoms with Gasteiger partial charge in [0.1, 0.15) is 0 Å². The molecule has 0 aromatic carbocycles. The summed E-state index contributed by atoms with van der Waals surface area (Å²) in [4.78, 5) is 0. The Morgan fingerprint density at radius 3 is 1.67 bits per heavy atom. The molecule has 0 bridgehead atoms. The topological polar surface area (TPSA) is 24.1 Å². The number of nitrogens with one attached hydrogen (secondary N) is 2. The van der Waals surface area contributed by atoms with Gasteiger partial charge in [0.2, 0.25) is 0 Å². The lowest BCUT2D eigenvalue weighted by Gasteiger charge is -2.32. The van der Waals surface area contributed by atoms with Crippen LogP contribution in [0.2, 0.25) is 0 Å². The molecule has 12 heavy (non-hydrogen) atoms. The van der Waals surface area contributed by atoms with Gasteiger partial charge in [-0.05, 0) is 25.9 Å². The Kier molecular flexibility index (Phi) is 4.62. The summed E-state index contributed by atoms with van der Waals surface area (Å²) in [6, 6.07) is 1.45. The van der Waals surface area contributed by atoms with E-state index in [2.05, 4.69) is 24.5 Å². The summed E-state index contributed by atoms with van der Waals surface area (Å²) in [7, 11) is 0. The van der Waals surface area contributed by atoms with Gasteiger partial charge in [-0.2, -0.15) is 0 Å². The molecule has 0 amide bonds. The van der Waals surface area contributed by atoms with Crippen LogP contribution in [0.4, 0.5) is 0 Å². The van der Waals surface area contributed by atoms with E-state index < -0.39 is 0 Å². The van der Waals surface area contributed by atoms with E-state index in [1.807, 2.05) is 0 Å². The van der Waals surface area contributed by atoms with Crippen LogP contribution in [0.5, 0.6) is 0 Å². The molecule has 1 saturated carbocycles. The van der Waals surface area contributed by atoms with Crippen molar-refractivity contribution < 1.29 is 0 Å². The Bertz CT molecular complexity index is 96.4. The molecule has 2 N–H and O–H groups in total. The van der Waals surface area contributed by atoms with Crippen LogP contribution in [0, 0.1) is 0 Å². The first-order valence-electron chi connectivity index (χ1n) is 5.35. The van der Waals surface area contributed by atoms with Gasteiger partial charge in [0.05, 0.1) is 0 Å². The lowest BCUT2D eigenvalue weighted by atomic mass is 9.90. The molecule has 1 rings (SSSR count). The predicted molar refractivity (Wildman–Crippen MR) is 53.4 cm³/mol. The van der Waals surface area contributed by atoms with Gasteiger partial charge in [-0.3, -0.25) is 0 Å². The average Bonchev–Trinajstić information content (AvgIpc) is 2.09. The normalized spacial score (nSPS) is 30.5. The minimum Gasteiger partial charge on any atom is -0.313 e. The second-order valence-electron chi connectivity index (χ2n) is 3.61. The molecule has 1 fully saturated rings. The monoisotopic (exact) mass is 170 g/mol. The van der Waals surface area contributed by atoms with Gasteiger partial charge < -0.3 is 10.6 Å². The zero-order chi connectivity index (χ0) is 8.81.